The lowest BCUT2D eigenvalue weighted by Gasteiger charge is -2.30. The van der Waals surface area contributed by atoms with E-state index in [0.29, 0.717) is 5.56 Å². The molecule has 3 N–H and O–H groups in total. The Balaban J connectivity index is 1.53. The van der Waals surface area contributed by atoms with E-state index in [-0.39, 0.29) is 41.3 Å². The van der Waals surface area contributed by atoms with E-state index in [1.165, 1.54) is 21.7 Å². The fourth-order valence-corrected chi connectivity index (χ4v) is 5.01. The second kappa shape index (κ2) is 12.0. The highest BCUT2D eigenvalue weighted by atomic mass is 19.1. The van der Waals surface area contributed by atoms with Crippen LogP contribution < -0.4 is 5.32 Å². The number of nitrogens with one attached hydrogen (secondary N) is 1. The third-order valence-corrected chi connectivity index (χ3v) is 7.27. The van der Waals surface area contributed by atoms with Crippen LogP contribution in [0.2, 0.25) is 0 Å². The van der Waals surface area contributed by atoms with Gasteiger partial charge in [0.05, 0.1) is 42.4 Å². The molecular formula is C29H36F2N6O4. The average molecular weight is 571 g/mol. The summed E-state index contributed by atoms with van der Waals surface area (Å²) >= 11 is 0. The van der Waals surface area contributed by atoms with Crippen LogP contribution >= 0.6 is 0 Å². The summed E-state index contributed by atoms with van der Waals surface area (Å²) in [4.78, 5) is 32.1. The Morgan fingerprint density at radius 3 is 2.29 bits per heavy atom. The lowest BCUT2D eigenvalue weighted by atomic mass is 9.93. The number of hydrogen-bond acceptors (Lipinski definition) is 7. The van der Waals surface area contributed by atoms with E-state index < -0.39 is 48.4 Å². The second-order valence-corrected chi connectivity index (χ2v) is 11.8. The van der Waals surface area contributed by atoms with Gasteiger partial charge >= 0.3 is 0 Å². The molecule has 0 aliphatic carbocycles. The summed E-state index contributed by atoms with van der Waals surface area (Å²) in [7, 11) is 0. The number of rotatable bonds is 8. The van der Waals surface area contributed by atoms with E-state index in [9.17, 15) is 28.6 Å². The first-order valence-electron chi connectivity index (χ1n) is 13.5. The third-order valence-electron chi connectivity index (χ3n) is 7.27. The number of benzene rings is 1. The van der Waals surface area contributed by atoms with Gasteiger partial charge in [-0.1, -0.05) is 64.1 Å². The van der Waals surface area contributed by atoms with Gasteiger partial charge in [0.25, 0.3) is 0 Å². The van der Waals surface area contributed by atoms with Crippen LogP contribution in [0.25, 0.3) is 11.1 Å². The van der Waals surface area contributed by atoms with Gasteiger partial charge in [-0.05, 0) is 17.0 Å². The number of hydrogen-bond donors (Lipinski definition) is 3. The van der Waals surface area contributed by atoms with Gasteiger partial charge in [-0.25, -0.2) is 13.5 Å². The van der Waals surface area contributed by atoms with Gasteiger partial charge in [-0.15, -0.1) is 5.10 Å². The van der Waals surface area contributed by atoms with Crippen molar-refractivity contribution in [3.63, 3.8) is 0 Å². The maximum atomic E-state index is 14.1. The first-order chi connectivity index (χ1) is 19.3. The fourth-order valence-electron chi connectivity index (χ4n) is 5.01. The normalized spacial score (nSPS) is 18.9. The smallest absolute Gasteiger partial charge is 0.248 e. The summed E-state index contributed by atoms with van der Waals surface area (Å²) in [5.74, 6) is -2.71. The summed E-state index contributed by atoms with van der Waals surface area (Å²) in [6.45, 7) is 9.23. The molecule has 1 saturated heterocycles. The summed E-state index contributed by atoms with van der Waals surface area (Å²) < 4.78 is 29.8. The Hall–Kier alpha value is -3.77. The molecule has 41 heavy (non-hydrogen) atoms. The number of aliphatic hydroxyl groups excluding tert-OH is 2. The van der Waals surface area contributed by atoms with Crippen molar-refractivity contribution in [3.05, 3.63) is 65.7 Å². The number of aliphatic hydroxyl groups is 2. The Labute approximate surface area is 237 Å². The maximum absolute atomic E-state index is 14.1. The van der Waals surface area contributed by atoms with Crippen molar-refractivity contribution in [1.29, 1.82) is 0 Å². The quantitative estimate of drug-likeness (QED) is 0.379. The lowest BCUT2D eigenvalue weighted by molar-refractivity contribution is -0.142. The van der Waals surface area contributed by atoms with Crippen LogP contribution in [0.5, 0.6) is 0 Å². The Bertz CT molecular complexity index is 1370. The third kappa shape index (κ3) is 6.43. The van der Waals surface area contributed by atoms with Crippen LogP contribution in [0.3, 0.4) is 0 Å². The molecule has 2 aromatic heterocycles. The first-order valence-corrected chi connectivity index (χ1v) is 13.5. The average Bonchev–Trinajstić information content (AvgIpc) is 3.55. The van der Waals surface area contributed by atoms with Crippen molar-refractivity contribution in [1.82, 2.24) is 30.2 Å². The van der Waals surface area contributed by atoms with Crippen molar-refractivity contribution in [3.8, 4) is 11.1 Å². The first kappa shape index (κ1) is 30.2. The van der Waals surface area contributed by atoms with Gasteiger partial charge in [0.15, 0.2) is 11.6 Å². The molecule has 1 fully saturated rings. The molecule has 0 radical (unpaired) electrons. The van der Waals surface area contributed by atoms with Crippen LogP contribution in [0.1, 0.15) is 64.4 Å². The number of carbonyl (C=O) groups is 2. The molecule has 1 aliphatic heterocycles. The minimum absolute atomic E-state index is 0.0253. The molecule has 1 aliphatic rings. The summed E-state index contributed by atoms with van der Waals surface area (Å²) in [5.41, 5.74) is 0.984. The van der Waals surface area contributed by atoms with Crippen molar-refractivity contribution in [2.75, 3.05) is 13.2 Å². The number of carbonyl (C=O) groups excluding carboxylic acids is 2. The highest BCUT2D eigenvalue weighted by Crippen LogP contribution is 2.30. The molecule has 0 saturated carbocycles. The summed E-state index contributed by atoms with van der Waals surface area (Å²) in [6.07, 6.45) is 2.70. The minimum Gasteiger partial charge on any atom is -0.394 e. The maximum Gasteiger partial charge on any atom is 0.248 e. The number of likely N-dealkylation sites (tertiary alicyclic amines) is 1. The van der Waals surface area contributed by atoms with Crippen molar-refractivity contribution in [2.24, 2.45) is 5.92 Å². The minimum atomic E-state index is -0.974. The molecule has 220 valence electrons. The number of β-amino-alcohol motifs (C(OH)–C–C–N with tert-alkyl or cyclic N) is 1. The monoisotopic (exact) mass is 570 g/mol. The Morgan fingerprint density at radius 2 is 1.76 bits per heavy atom. The topological polar surface area (TPSA) is 133 Å². The summed E-state index contributed by atoms with van der Waals surface area (Å²) in [6, 6.07) is 3.50. The zero-order valence-corrected chi connectivity index (χ0v) is 23.8. The van der Waals surface area contributed by atoms with E-state index >= 15 is 0 Å². The molecule has 12 heteroatoms. The zero-order chi connectivity index (χ0) is 30.1. The molecule has 10 nitrogen and oxygen atoms in total. The molecule has 1 aromatic carbocycles. The van der Waals surface area contributed by atoms with E-state index in [4.69, 9.17) is 0 Å². The molecule has 2 amide bonds. The van der Waals surface area contributed by atoms with Gasteiger partial charge < -0.3 is 20.4 Å². The van der Waals surface area contributed by atoms with Crippen LogP contribution in [0, 0.1) is 17.6 Å². The van der Waals surface area contributed by atoms with E-state index in [1.54, 1.807) is 18.3 Å². The van der Waals surface area contributed by atoms with Crippen LogP contribution in [-0.4, -0.2) is 72.2 Å². The van der Waals surface area contributed by atoms with Crippen molar-refractivity contribution < 1.29 is 28.6 Å². The van der Waals surface area contributed by atoms with Gasteiger partial charge in [0.1, 0.15) is 12.1 Å². The second-order valence-electron chi connectivity index (χ2n) is 11.8. The van der Waals surface area contributed by atoms with Gasteiger partial charge in [0, 0.05) is 24.6 Å². The zero-order valence-electron chi connectivity index (χ0n) is 23.8. The van der Waals surface area contributed by atoms with Gasteiger partial charge in [0.2, 0.25) is 11.8 Å². The van der Waals surface area contributed by atoms with Crippen LogP contribution in [-0.2, 0) is 15.0 Å². The number of nitrogens with zero attached hydrogens (tertiary/aromatic N) is 5. The molecular weight excluding hydrogens is 534 g/mol. The molecule has 0 unspecified atom stereocenters. The SMILES string of the molecule is CC(C)[C@@H](C(=O)N1C[C@H](O)C[C@H]1C(=O)N[C@@H](CO)c1ccc(-c2c(F)cncc2F)cc1)n1cc(C(C)(C)C)nn1. The predicted octanol–water partition coefficient (Wildman–Crippen LogP) is 2.92. The highest BCUT2D eigenvalue weighted by molar-refractivity contribution is 5.90. The highest BCUT2D eigenvalue weighted by Gasteiger charge is 2.43. The molecule has 4 rings (SSSR count). The number of aromatic nitrogens is 4. The van der Waals surface area contributed by atoms with E-state index in [1.807, 2.05) is 34.6 Å². The fraction of sp³-hybridized carbons (Fsp3) is 0.483. The Kier molecular flexibility index (Phi) is 8.83. The van der Waals surface area contributed by atoms with Crippen molar-refractivity contribution in [2.45, 2.75) is 70.7 Å². The largest absolute Gasteiger partial charge is 0.394 e. The van der Waals surface area contributed by atoms with Gasteiger partial charge in [-0.2, -0.15) is 0 Å². The number of pyridine rings is 1. The van der Waals surface area contributed by atoms with Gasteiger partial charge in [-0.3, -0.25) is 14.6 Å². The molecule has 3 aromatic rings. The lowest BCUT2D eigenvalue weighted by Crippen LogP contribution is -2.50. The van der Waals surface area contributed by atoms with Crippen molar-refractivity contribution >= 4 is 11.8 Å². The molecule has 0 spiro atoms. The number of halogens is 2. The standard InChI is InChI=1S/C29H36F2N6O4/c1-16(2)26(37-14-24(34-35-37)29(3,4)5)28(41)36-13-19(39)10-23(36)27(40)33-22(15-38)17-6-8-18(9-7-17)25-20(30)11-32-12-21(25)31/h6-9,11-12,14,16,19,22-23,26,38-39H,10,13,15H2,1-5H3,(H,33,40)/t19-,22+,23+,26+/m1/s1. The Morgan fingerprint density at radius 1 is 1.12 bits per heavy atom. The number of amides is 2. The molecule has 0 bridgehead atoms. The van der Waals surface area contributed by atoms with Crippen LogP contribution in [0.15, 0.2) is 42.9 Å². The van der Waals surface area contributed by atoms with E-state index in [0.717, 1.165) is 18.1 Å². The van der Waals surface area contributed by atoms with Crippen LogP contribution in [0.4, 0.5) is 8.78 Å². The molecule has 3 heterocycles. The molecule has 4 atom stereocenters. The summed E-state index contributed by atoms with van der Waals surface area (Å²) in [5, 5.41) is 31.7. The van der Waals surface area contributed by atoms with E-state index in [2.05, 4.69) is 20.6 Å². The predicted molar refractivity (Wildman–Crippen MR) is 146 cm³/mol.